The number of nitrogens with zero attached hydrogens (tertiary/aromatic N) is 2. The standard InChI is InChI=1S/C19H27N3O2/c1-15(2)14-21-10-12-22(13-11-21)18(23)9-6-16-4-7-17(8-5-16)19(24)20-3/h4-9,15H,10-14H2,1-3H3,(H,20,24)/b9-6+. The number of hydrogen-bond acceptors (Lipinski definition) is 3. The minimum Gasteiger partial charge on any atom is -0.355 e. The van der Waals surface area contributed by atoms with Gasteiger partial charge < -0.3 is 10.2 Å². The highest BCUT2D eigenvalue weighted by atomic mass is 16.2. The topological polar surface area (TPSA) is 52.7 Å². The number of carbonyl (C=O) groups is 2. The zero-order chi connectivity index (χ0) is 17.5. The largest absolute Gasteiger partial charge is 0.355 e. The molecule has 0 atom stereocenters. The maximum absolute atomic E-state index is 12.3. The second-order valence-corrected chi connectivity index (χ2v) is 6.55. The van der Waals surface area contributed by atoms with Gasteiger partial charge in [0.05, 0.1) is 0 Å². The van der Waals surface area contributed by atoms with Gasteiger partial charge in [-0.2, -0.15) is 0 Å². The van der Waals surface area contributed by atoms with Gasteiger partial charge in [0.1, 0.15) is 0 Å². The summed E-state index contributed by atoms with van der Waals surface area (Å²) in [6.45, 7) is 8.98. The first-order valence-electron chi connectivity index (χ1n) is 8.51. The molecule has 0 bridgehead atoms. The molecule has 1 aliphatic rings. The molecule has 5 nitrogen and oxygen atoms in total. The highest BCUT2D eigenvalue weighted by molar-refractivity contribution is 5.94. The predicted octanol–water partition coefficient (Wildman–Crippen LogP) is 1.86. The molecule has 1 heterocycles. The summed E-state index contributed by atoms with van der Waals surface area (Å²) in [5.41, 5.74) is 1.52. The lowest BCUT2D eigenvalue weighted by Gasteiger charge is -2.35. The van der Waals surface area contributed by atoms with E-state index in [0.29, 0.717) is 11.5 Å². The lowest BCUT2D eigenvalue weighted by molar-refractivity contribution is -0.127. The zero-order valence-electron chi connectivity index (χ0n) is 14.8. The Hall–Kier alpha value is -2.14. The van der Waals surface area contributed by atoms with Crippen LogP contribution in [0.2, 0.25) is 0 Å². The molecular weight excluding hydrogens is 302 g/mol. The molecule has 0 unspecified atom stereocenters. The van der Waals surface area contributed by atoms with Crippen molar-refractivity contribution in [3.63, 3.8) is 0 Å². The average molecular weight is 329 g/mol. The Morgan fingerprint density at radius 1 is 1.12 bits per heavy atom. The van der Waals surface area contributed by atoms with E-state index in [2.05, 4.69) is 24.1 Å². The summed E-state index contributed by atoms with van der Waals surface area (Å²) >= 11 is 0. The lowest BCUT2D eigenvalue weighted by Crippen LogP contribution is -2.49. The summed E-state index contributed by atoms with van der Waals surface area (Å²) in [5.74, 6) is 0.598. The number of carbonyl (C=O) groups excluding carboxylic acids is 2. The number of nitrogens with one attached hydrogen (secondary N) is 1. The van der Waals surface area contributed by atoms with Gasteiger partial charge in [-0.15, -0.1) is 0 Å². The molecule has 1 fully saturated rings. The van der Waals surface area contributed by atoms with E-state index in [0.717, 1.165) is 38.3 Å². The number of benzene rings is 1. The minimum atomic E-state index is -0.110. The third-order valence-corrected chi connectivity index (χ3v) is 4.13. The van der Waals surface area contributed by atoms with Crippen molar-refractivity contribution in [2.45, 2.75) is 13.8 Å². The summed E-state index contributed by atoms with van der Waals surface area (Å²) < 4.78 is 0. The number of piperazine rings is 1. The van der Waals surface area contributed by atoms with Gasteiger partial charge in [0.25, 0.3) is 5.91 Å². The summed E-state index contributed by atoms with van der Waals surface area (Å²) in [7, 11) is 1.61. The molecule has 1 aliphatic heterocycles. The van der Waals surface area contributed by atoms with Crippen LogP contribution in [0.5, 0.6) is 0 Å². The van der Waals surface area contributed by atoms with E-state index in [4.69, 9.17) is 0 Å². The number of rotatable bonds is 5. The van der Waals surface area contributed by atoms with Gasteiger partial charge in [0.2, 0.25) is 5.91 Å². The molecule has 1 aromatic carbocycles. The Morgan fingerprint density at radius 2 is 1.75 bits per heavy atom. The molecule has 130 valence electrons. The summed E-state index contributed by atoms with van der Waals surface area (Å²) in [4.78, 5) is 28.1. The highest BCUT2D eigenvalue weighted by Crippen LogP contribution is 2.09. The first-order valence-corrected chi connectivity index (χ1v) is 8.51. The smallest absolute Gasteiger partial charge is 0.251 e. The van der Waals surface area contributed by atoms with E-state index in [9.17, 15) is 9.59 Å². The van der Waals surface area contributed by atoms with Crippen LogP contribution in [0.25, 0.3) is 6.08 Å². The molecule has 0 spiro atoms. The monoisotopic (exact) mass is 329 g/mol. The first kappa shape index (κ1) is 18.2. The van der Waals surface area contributed by atoms with Gasteiger partial charge in [-0.1, -0.05) is 26.0 Å². The van der Waals surface area contributed by atoms with Gasteiger partial charge in [0.15, 0.2) is 0 Å². The van der Waals surface area contributed by atoms with Crippen LogP contribution in [-0.2, 0) is 4.79 Å². The van der Waals surface area contributed by atoms with Crippen molar-refractivity contribution in [3.8, 4) is 0 Å². The fraction of sp³-hybridized carbons (Fsp3) is 0.474. The molecule has 0 aliphatic carbocycles. The molecule has 0 aromatic heterocycles. The molecule has 2 amide bonds. The lowest BCUT2D eigenvalue weighted by atomic mass is 10.1. The van der Waals surface area contributed by atoms with Crippen LogP contribution < -0.4 is 5.32 Å². The number of hydrogen-bond donors (Lipinski definition) is 1. The van der Waals surface area contributed by atoms with E-state index >= 15 is 0 Å². The van der Waals surface area contributed by atoms with Gasteiger partial charge in [0, 0.05) is 51.4 Å². The van der Waals surface area contributed by atoms with Crippen molar-refractivity contribution in [2.24, 2.45) is 5.92 Å². The van der Waals surface area contributed by atoms with E-state index in [1.807, 2.05) is 17.0 Å². The van der Waals surface area contributed by atoms with Crippen LogP contribution in [0, 0.1) is 5.92 Å². The van der Waals surface area contributed by atoms with Crippen molar-refractivity contribution in [3.05, 3.63) is 41.5 Å². The molecule has 24 heavy (non-hydrogen) atoms. The van der Waals surface area contributed by atoms with Crippen LogP contribution in [-0.4, -0.2) is 61.4 Å². The average Bonchev–Trinajstić information content (AvgIpc) is 2.59. The summed E-state index contributed by atoms with van der Waals surface area (Å²) in [6.07, 6.45) is 3.42. The molecule has 1 N–H and O–H groups in total. The van der Waals surface area contributed by atoms with Crippen molar-refractivity contribution < 1.29 is 9.59 Å². The Labute approximate surface area is 144 Å². The molecular formula is C19H27N3O2. The molecule has 2 rings (SSSR count). The quantitative estimate of drug-likeness (QED) is 0.839. The maximum atomic E-state index is 12.3. The Bertz CT molecular complexity index is 585. The minimum absolute atomic E-state index is 0.0505. The maximum Gasteiger partial charge on any atom is 0.251 e. The predicted molar refractivity (Wildman–Crippen MR) is 96.7 cm³/mol. The van der Waals surface area contributed by atoms with E-state index in [1.165, 1.54) is 0 Å². The molecule has 1 aromatic rings. The van der Waals surface area contributed by atoms with Gasteiger partial charge in [-0.25, -0.2) is 0 Å². The van der Waals surface area contributed by atoms with Crippen molar-refractivity contribution in [1.82, 2.24) is 15.1 Å². The Kier molecular flexibility index (Phi) is 6.55. The molecule has 0 radical (unpaired) electrons. The van der Waals surface area contributed by atoms with E-state index in [1.54, 1.807) is 31.3 Å². The fourth-order valence-corrected chi connectivity index (χ4v) is 2.83. The Balaban J connectivity index is 1.86. The van der Waals surface area contributed by atoms with Crippen molar-refractivity contribution >= 4 is 17.9 Å². The van der Waals surface area contributed by atoms with Gasteiger partial charge in [-0.05, 0) is 29.7 Å². The van der Waals surface area contributed by atoms with E-state index < -0.39 is 0 Å². The van der Waals surface area contributed by atoms with Crippen LogP contribution in [0.4, 0.5) is 0 Å². The second kappa shape index (κ2) is 8.64. The second-order valence-electron chi connectivity index (χ2n) is 6.55. The van der Waals surface area contributed by atoms with Crippen LogP contribution in [0.1, 0.15) is 29.8 Å². The first-order chi connectivity index (χ1) is 11.5. The van der Waals surface area contributed by atoms with Crippen molar-refractivity contribution in [1.29, 1.82) is 0 Å². The van der Waals surface area contributed by atoms with Gasteiger partial charge >= 0.3 is 0 Å². The molecule has 0 saturated carbocycles. The van der Waals surface area contributed by atoms with Crippen molar-refractivity contribution in [2.75, 3.05) is 39.8 Å². The van der Waals surface area contributed by atoms with Gasteiger partial charge in [-0.3, -0.25) is 14.5 Å². The third-order valence-electron chi connectivity index (χ3n) is 4.13. The van der Waals surface area contributed by atoms with Crippen LogP contribution >= 0.6 is 0 Å². The SMILES string of the molecule is CNC(=O)c1ccc(/C=C/C(=O)N2CCN(CC(C)C)CC2)cc1. The third kappa shape index (κ3) is 5.20. The Morgan fingerprint density at radius 3 is 2.29 bits per heavy atom. The molecule has 5 heteroatoms. The van der Waals surface area contributed by atoms with E-state index in [-0.39, 0.29) is 11.8 Å². The number of amides is 2. The van der Waals surface area contributed by atoms with Crippen LogP contribution in [0.15, 0.2) is 30.3 Å². The normalized spacial score (nSPS) is 15.9. The fourth-order valence-electron chi connectivity index (χ4n) is 2.83. The molecule has 1 saturated heterocycles. The highest BCUT2D eigenvalue weighted by Gasteiger charge is 2.19. The summed E-state index contributed by atoms with van der Waals surface area (Å²) in [5, 5.41) is 2.59. The summed E-state index contributed by atoms with van der Waals surface area (Å²) in [6, 6.07) is 7.20. The zero-order valence-corrected chi connectivity index (χ0v) is 14.8. The van der Waals surface area contributed by atoms with Crippen LogP contribution in [0.3, 0.4) is 0 Å².